The van der Waals surface area contributed by atoms with Gasteiger partial charge in [-0.15, -0.1) is 0 Å². The van der Waals surface area contributed by atoms with Gasteiger partial charge in [0.2, 0.25) is 0 Å². The average Bonchev–Trinajstić information content (AvgIpc) is 2.67. The number of nitrogens with zero attached hydrogens (tertiary/aromatic N) is 1. The van der Waals surface area contributed by atoms with Gasteiger partial charge in [-0.05, 0) is 44.5 Å². The summed E-state index contributed by atoms with van der Waals surface area (Å²) >= 11 is 0. The van der Waals surface area contributed by atoms with Gasteiger partial charge in [-0.2, -0.15) is 0 Å². The van der Waals surface area contributed by atoms with E-state index in [1.807, 2.05) is 30.3 Å². The van der Waals surface area contributed by atoms with Crippen LogP contribution in [0.1, 0.15) is 56.1 Å². The molecule has 0 fully saturated rings. The SMILES string of the molecule is CC(=O)O.CC(=O)O.CC(C)(C)N(CC(=O)c1ccc(O)c(CO)c1)Cc1ccccc1. The summed E-state index contributed by atoms with van der Waals surface area (Å²) in [6, 6.07) is 14.7. The van der Waals surface area contributed by atoms with Crippen molar-refractivity contribution in [3.05, 3.63) is 65.2 Å². The predicted molar refractivity (Wildman–Crippen MR) is 122 cm³/mol. The standard InChI is InChI=1S/C20H25NO3.2C2H4O2/c1-20(2,3)21(12-15-7-5-4-6-8-15)13-19(24)16-9-10-18(23)17(11-16)14-22;2*1-2(3)4/h4-11,22-23H,12-14H2,1-3H3;2*1H3,(H,3,4). The van der Waals surface area contributed by atoms with Gasteiger partial charge in [0.15, 0.2) is 5.78 Å². The molecular weight excluding hydrogens is 414 g/mol. The van der Waals surface area contributed by atoms with Crippen LogP contribution in [0.4, 0.5) is 0 Å². The molecule has 0 saturated heterocycles. The van der Waals surface area contributed by atoms with Crippen LogP contribution in [-0.2, 0) is 22.7 Å². The van der Waals surface area contributed by atoms with Crippen LogP contribution in [0.25, 0.3) is 0 Å². The van der Waals surface area contributed by atoms with Gasteiger partial charge in [0, 0.05) is 37.1 Å². The van der Waals surface area contributed by atoms with Crippen LogP contribution in [0.5, 0.6) is 5.75 Å². The third-order valence-corrected chi connectivity index (χ3v) is 4.07. The van der Waals surface area contributed by atoms with Gasteiger partial charge in [0.25, 0.3) is 11.9 Å². The first kappa shape index (κ1) is 28.8. The molecular formula is C24H33NO7. The summed E-state index contributed by atoms with van der Waals surface area (Å²) in [5, 5.41) is 33.7. The molecule has 0 unspecified atom stereocenters. The van der Waals surface area contributed by atoms with Gasteiger partial charge in [-0.25, -0.2) is 0 Å². The van der Waals surface area contributed by atoms with E-state index in [-0.39, 0.29) is 30.2 Å². The van der Waals surface area contributed by atoms with E-state index in [0.29, 0.717) is 17.7 Å². The van der Waals surface area contributed by atoms with E-state index in [4.69, 9.17) is 19.8 Å². The zero-order valence-corrected chi connectivity index (χ0v) is 19.2. The van der Waals surface area contributed by atoms with Crippen molar-refractivity contribution in [1.82, 2.24) is 4.90 Å². The molecule has 2 aromatic carbocycles. The Balaban J connectivity index is 0.00000104. The molecule has 0 aliphatic rings. The van der Waals surface area contributed by atoms with Crippen LogP contribution in [0, 0.1) is 0 Å². The van der Waals surface area contributed by atoms with Gasteiger partial charge < -0.3 is 20.4 Å². The highest BCUT2D eigenvalue weighted by atomic mass is 16.4. The molecule has 0 aliphatic heterocycles. The minimum absolute atomic E-state index is 0.00557. The minimum Gasteiger partial charge on any atom is -0.508 e. The maximum atomic E-state index is 12.7. The van der Waals surface area contributed by atoms with Gasteiger partial charge in [0.05, 0.1) is 13.2 Å². The number of aliphatic carboxylic acids is 2. The Morgan fingerprint density at radius 3 is 1.84 bits per heavy atom. The van der Waals surface area contributed by atoms with Gasteiger partial charge in [0.1, 0.15) is 5.75 Å². The molecule has 0 amide bonds. The summed E-state index contributed by atoms with van der Waals surface area (Å²) in [7, 11) is 0. The molecule has 8 nitrogen and oxygen atoms in total. The molecule has 0 spiro atoms. The number of Topliss-reactive ketones (excluding diaryl/α,β-unsaturated/α-hetero) is 1. The molecule has 32 heavy (non-hydrogen) atoms. The van der Waals surface area contributed by atoms with Crippen LogP contribution in [0.2, 0.25) is 0 Å². The largest absolute Gasteiger partial charge is 0.508 e. The highest BCUT2D eigenvalue weighted by Gasteiger charge is 2.24. The van der Waals surface area contributed by atoms with E-state index >= 15 is 0 Å². The second-order valence-electron chi connectivity index (χ2n) is 7.98. The average molecular weight is 448 g/mol. The summed E-state index contributed by atoms with van der Waals surface area (Å²) in [4.78, 5) is 32.8. The fourth-order valence-electron chi connectivity index (χ4n) is 2.48. The fourth-order valence-corrected chi connectivity index (χ4v) is 2.48. The van der Waals surface area contributed by atoms with Crippen LogP contribution >= 0.6 is 0 Å². The molecule has 2 aromatic rings. The number of carbonyl (C=O) groups is 3. The molecule has 2 rings (SSSR count). The number of hydrogen-bond acceptors (Lipinski definition) is 6. The zero-order chi connectivity index (χ0) is 24.9. The summed E-state index contributed by atoms with van der Waals surface area (Å²) in [5.41, 5.74) is 1.86. The molecule has 0 atom stereocenters. The lowest BCUT2D eigenvalue weighted by Gasteiger charge is -2.35. The summed E-state index contributed by atoms with van der Waals surface area (Å²) in [6.45, 7) is 9.08. The van der Waals surface area contributed by atoms with Crippen LogP contribution in [0.3, 0.4) is 0 Å². The lowest BCUT2D eigenvalue weighted by molar-refractivity contribution is -0.135. The number of carboxylic acid groups (broad SMARTS) is 2. The van der Waals surface area contributed by atoms with E-state index < -0.39 is 11.9 Å². The van der Waals surface area contributed by atoms with Gasteiger partial charge in [-0.3, -0.25) is 19.3 Å². The Kier molecular flexibility index (Phi) is 12.5. The van der Waals surface area contributed by atoms with E-state index in [1.54, 1.807) is 12.1 Å². The maximum Gasteiger partial charge on any atom is 0.300 e. The molecule has 0 heterocycles. The van der Waals surface area contributed by atoms with Crippen molar-refractivity contribution in [2.24, 2.45) is 0 Å². The normalized spacial score (nSPS) is 10.3. The topological polar surface area (TPSA) is 135 Å². The summed E-state index contributed by atoms with van der Waals surface area (Å²) < 4.78 is 0. The number of carboxylic acids is 2. The third-order valence-electron chi connectivity index (χ3n) is 4.07. The number of benzene rings is 2. The fraction of sp³-hybridized carbons (Fsp3) is 0.375. The molecule has 176 valence electrons. The Morgan fingerprint density at radius 2 is 1.41 bits per heavy atom. The van der Waals surface area contributed by atoms with E-state index in [2.05, 4.69) is 25.7 Å². The first-order valence-corrected chi connectivity index (χ1v) is 9.91. The Hall–Kier alpha value is -3.23. The maximum absolute atomic E-state index is 12.7. The number of ketones is 1. The highest BCUT2D eigenvalue weighted by Crippen LogP contribution is 2.21. The number of aromatic hydroxyl groups is 1. The number of phenols is 1. The molecule has 0 aromatic heterocycles. The smallest absolute Gasteiger partial charge is 0.300 e. The monoisotopic (exact) mass is 447 g/mol. The molecule has 0 radical (unpaired) electrons. The molecule has 0 bridgehead atoms. The van der Waals surface area contributed by atoms with E-state index in [9.17, 15) is 15.0 Å². The van der Waals surface area contributed by atoms with Crippen molar-refractivity contribution in [2.75, 3.05) is 6.54 Å². The highest BCUT2D eigenvalue weighted by molar-refractivity contribution is 5.98. The van der Waals surface area contributed by atoms with Gasteiger partial charge >= 0.3 is 0 Å². The van der Waals surface area contributed by atoms with Crippen LogP contribution < -0.4 is 0 Å². The predicted octanol–water partition coefficient (Wildman–Crippen LogP) is 3.55. The number of carbonyl (C=O) groups excluding carboxylic acids is 1. The number of hydrogen-bond donors (Lipinski definition) is 4. The number of rotatable bonds is 6. The molecule has 4 N–H and O–H groups in total. The molecule has 0 aliphatic carbocycles. The van der Waals surface area contributed by atoms with Gasteiger partial charge in [-0.1, -0.05) is 30.3 Å². The van der Waals surface area contributed by atoms with Crippen molar-refractivity contribution in [3.63, 3.8) is 0 Å². The lowest BCUT2D eigenvalue weighted by Crippen LogP contribution is -2.43. The summed E-state index contributed by atoms with van der Waals surface area (Å²) in [5.74, 6) is -1.69. The first-order chi connectivity index (χ1) is 14.8. The zero-order valence-electron chi connectivity index (χ0n) is 19.2. The second-order valence-corrected chi connectivity index (χ2v) is 7.98. The quantitative estimate of drug-likeness (QED) is 0.494. The number of aliphatic hydroxyl groups is 1. The van der Waals surface area contributed by atoms with Crippen LogP contribution in [-0.4, -0.2) is 55.1 Å². The van der Waals surface area contributed by atoms with E-state index in [1.165, 1.54) is 6.07 Å². The molecule has 0 saturated carbocycles. The second kappa shape index (κ2) is 14.0. The third kappa shape index (κ3) is 12.5. The lowest BCUT2D eigenvalue weighted by atomic mass is 10.0. The number of aliphatic hydroxyl groups excluding tert-OH is 1. The van der Waals surface area contributed by atoms with Crippen molar-refractivity contribution >= 4 is 17.7 Å². The van der Waals surface area contributed by atoms with E-state index in [0.717, 1.165) is 19.4 Å². The van der Waals surface area contributed by atoms with Crippen molar-refractivity contribution < 1.29 is 34.8 Å². The minimum atomic E-state index is -0.833. The Bertz CT molecular complexity index is 854. The van der Waals surface area contributed by atoms with Crippen molar-refractivity contribution in [2.45, 2.75) is 53.3 Å². The van der Waals surface area contributed by atoms with Crippen molar-refractivity contribution in [1.29, 1.82) is 0 Å². The molecule has 8 heteroatoms. The Labute approximate surface area is 188 Å². The van der Waals surface area contributed by atoms with Crippen LogP contribution in [0.15, 0.2) is 48.5 Å². The Morgan fingerprint density at radius 1 is 0.906 bits per heavy atom. The first-order valence-electron chi connectivity index (χ1n) is 9.91. The van der Waals surface area contributed by atoms with Crippen molar-refractivity contribution in [3.8, 4) is 5.75 Å². The summed E-state index contributed by atoms with van der Waals surface area (Å²) in [6.07, 6.45) is 0.